The molecule has 0 bridgehead atoms. The second kappa shape index (κ2) is 15.6. The Hall–Kier alpha value is -0.660. The molecule has 2 saturated carbocycles. The fourth-order valence-corrected chi connectivity index (χ4v) is 3.40. The summed E-state index contributed by atoms with van der Waals surface area (Å²) in [6.45, 7) is 4.53. The van der Waals surface area contributed by atoms with Crippen molar-refractivity contribution in [2.75, 3.05) is 6.61 Å². The number of hydrogen-bond donors (Lipinski definition) is 3. The molecule has 0 amide bonds. The molecular formula is C18H37N3O2S2. The van der Waals surface area contributed by atoms with E-state index in [1.165, 1.54) is 51.4 Å². The Morgan fingerprint density at radius 2 is 1.40 bits per heavy atom. The molecule has 5 nitrogen and oxygen atoms in total. The van der Waals surface area contributed by atoms with Crippen molar-refractivity contribution < 1.29 is 9.47 Å². The molecule has 2 fully saturated rings. The third kappa shape index (κ3) is 15.3. The average molecular weight is 392 g/mol. The summed E-state index contributed by atoms with van der Waals surface area (Å²) in [7, 11) is 0. The van der Waals surface area contributed by atoms with Gasteiger partial charge in [-0.3, -0.25) is 0 Å². The van der Waals surface area contributed by atoms with Gasteiger partial charge >= 0.3 is 0 Å². The largest absolute Gasteiger partial charge is 0.472 e. The molecule has 1 unspecified atom stereocenters. The molecule has 0 heterocycles. The predicted molar refractivity (Wildman–Crippen MR) is 113 cm³/mol. The van der Waals surface area contributed by atoms with Crippen LogP contribution in [0.3, 0.4) is 0 Å². The van der Waals surface area contributed by atoms with E-state index in [1.807, 2.05) is 6.92 Å². The van der Waals surface area contributed by atoms with Gasteiger partial charge in [0.25, 0.3) is 10.3 Å². The molecule has 2 aliphatic rings. The summed E-state index contributed by atoms with van der Waals surface area (Å²) >= 11 is 8.98. The highest BCUT2D eigenvalue weighted by molar-refractivity contribution is 7.80. The van der Waals surface area contributed by atoms with Gasteiger partial charge < -0.3 is 26.7 Å². The predicted octanol–water partition coefficient (Wildman–Crippen LogP) is 3.76. The van der Waals surface area contributed by atoms with Gasteiger partial charge in [0.1, 0.15) is 6.10 Å². The second-order valence-corrected chi connectivity index (χ2v) is 7.51. The Labute approximate surface area is 164 Å². The van der Waals surface area contributed by atoms with Crippen LogP contribution in [0.1, 0.15) is 78.1 Å². The van der Waals surface area contributed by atoms with Crippen molar-refractivity contribution in [1.82, 2.24) is 0 Å². The lowest BCUT2D eigenvalue weighted by atomic mass is 9.85. The minimum absolute atomic E-state index is 0.123. The first kappa shape index (κ1) is 24.3. The lowest BCUT2D eigenvalue weighted by molar-refractivity contribution is 0.145. The standard InChI is InChI=1S/C8H17N.C7H13NOS.C3H7NOS/c1-7(9)8-5-3-2-4-6-8;8-7(10)9-6-4-2-1-3-5-6;1-2-5-3(4)6/h7-8H,2-6,9H2,1H3;6H,1-5H2,(H2,8,10);2H2,1H3,(H2,4,6). The fourth-order valence-electron chi connectivity index (χ4n) is 3.15. The van der Waals surface area contributed by atoms with Crippen molar-refractivity contribution in [2.24, 2.45) is 23.1 Å². The second-order valence-electron chi connectivity index (χ2n) is 6.71. The van der Waals surface area contributed by atoms with Crippen molar-refractivity contribution in [3.05, 3.63) is 0 Å². The highest BCUT2D eigenvalue weighted by Crippen LogP contribution is 2.25. The summed E-state index contributed by atoms with van der Waals surface area (Å²) in [4.78, 5) is 0. The van der Waals surface area contributed by atoms with E-state index in [2.05, 4.69) is 36.1 Å². The van der Waals surface area contributed by atoms with Gasteiger partial charge in [0.15, 0.2) is 0 Å². The summed E-state index contributed by atoms with van der Waals surface area (Å²) < 4.78 is 9.75. The quantitative estimate of drug-likeness (QED) is 0.630. The van der Waals surface area contributed by atoms with Crippen molar-refractivity contribution in [2.45, 2.75) is 90.2 Å². The summed E-state index contributed by atoms with van der Waals surface area (Å²) in [5.41, 5.74) is 15.9. The Morgan fingerprint density at radius 3 is 1.68 bits per heavy atom. The van der Waals surface area contributed by atoms with Crippen LogP contribution < -0.4 is 17.2 Å². The van der Waals surface area contributed by atoms with E-state index < -0.39 is 0 Å². The first-order chi connectivity index (χ1) is 11.9. The van der Waals surface area contributed by atoms with Crippen molar-refractivity contribution in [3.63, 3.8) is 0 Å². The highest BCUT2D eigenvalue weighted by atomic mass is 32.1. The number of thiocarbonyl (C=S) groups is 2. The van der Waals surface area contributed by atoms with Gasteiger partial charge in [0.2, 0.25) is 0 Å². The van der Waals surface area contributed by atoms with E-state index in [0.29, 0.717) is 18.8 Å². The van der Waals surface area contributed by atoms with E-state index in [4.69, 9.17) is 21.9 Å². The summed E-state index contributed by atoms with van der Waals surface area (Å²) in [5.74, 6) is 0.832. The maximum atomic E-state index is 5.77. The molecule has 0 radical (unpaired) electrons. The Bertz CT molecular complexity index is 356. The molecule has 0 aromatic heterocycles. The summed E-state index contributed by atoms with van der Waals surface area (Å²) in [6, 6.07) is 0.435. The van der Waals surface area contributed by atoms with Crippen LogP contribution >= 0.6 is 24.4 Å². The number of nitrogens with two attached hydrogens (primary N) is 3. The Balaban J connectivity index is 0.000000358. The zero-order valence-corrected chi connectivity index (χ0v) is 17.5. The van der Waals surface area contributed by atoms with E-state index in [9.17, 15) is 0 Å². The molecule has 2 aliphatic carbocycles. The van der Waals surface area contributed by atoms with Crippen LogP contribution in [-0.4, -0.2) is 29.1 Å². The van der Waals surface area contributed by atoms with Gasteiger partial charge in [0.05, 0.1) is 6.61 Å². The Kier molecular flexibility index (Phi) is 15.2. The van der Waals surface area contributed by atoms with Gasteiger partial charge in [0, 0.05) is 6.04 Å². The normalized spacial score (nSPS) is 19.3. The topological polar surface area (TPSA) is 96.5 Å². The molecule has 7 heteroatoms. The monoisotopic (exact) mass is 391 g/mol. The molecule has 25 heavy (non-hydrogen) atoms. The highest BCUT2D eigenvalue weighted by Gasteiger charge is 2.16. The van der Waals surface area contributed by atoms with Crippen LogP contribution in [0, 0.1) is 5.92 Å². The van der Waals surface area contributed by atoms with Crippen molar-refractivity contribution in [1.29, 1.82) is 0 Å². The van der Waals surface area contributed by atoms with Crippen molar-refractivity contribution >= 4 is 34.8 Å². The average Bonchev–Trinajstić information content (AvgIpc) is 2.57. The van der Waals surface area contributed by atoms with Crippen LogP contribution in [0.4, 0.5) is 0 Å². The zero-order chi connectivity index (χ0) is 19.1. The van der Waals surface area contributed by atoms with Crippen molar-refractivity contribution in [3.8, 4) is 0 Å². The molecule has 148 valence electrons. The van der Waals surface area contributed by atoms with Gasteiger partial charge in [-0.15, -0.1) is 0 Å². The van der Waals surface area contributed by atoms with Gasteiger partial charge in [-0.1, -0.05) is 25.7 Å². The molecule has 0 saturated heterocycles. The van der Waals surface area contributed by atoms with E-state index in [1.54, 1.807) is 0 Å². The maximum Gasteiger partial charge on any atom is 0.254 e. The van der Waals surface area contributed by atoms with Gasteiger partial charge in [-0.25, -0.2) is 0 Å². The van der Waals surface area contributed by atoms with Crippen LogP contribution in [0.25, 0.3) is 0 Å². The van der Waals surface area contributed by atoms with E-state index >= 15 is 0 Å². The van der Waals surface area contributed by atoms with Crippen LogP contribution in [0.5, 0.6) is 0 Å². The number of hydrogen-bond acceptors (Lipinski definition) is 5. The Morgan fingerprint density at radius 1 is 0.920 bits per heavy atom. The lowest BCUT2D eigenvalue weighted by Crippen LogP contribution is -2.27. The molecule has 0 aliphatic heterocycles. The SMILES string of the molecule is CC(N)C1CCCCC1.CCOC(N)=S.NC(=S)OC1CCCCC1. The van der Waals surface area contributed by atoms with E-state index in [0.717, 1.165) is 18.8 Å². The van der Waals surface area contributed by atoms with Gasteiger partial charge in [-0.2, -0.15) is 0 Å². The molecule has 2 rings (SSSR count). The van der Waals surface area contributed by atoms with E-state index in [-0.39, 0.29) is 10.3 Å². The zero-order valence-electron chi connectivity index (χ0n) is 15.9. The molecule has 0 aromatic carbocycles. The first-order valence-electron chi connectivity index (χ1n) is 9.50. The first-order valence-corrected chi connectivity index (χ1v) is 10.3. The summed E-state index contributed by atoms with van der Waals surface area (Å²) in [6.07, 6.45) is 13.4. The van der Waals surface area contributed by atoms with Gasteiger partial charge in [-0.05, 0) is 82.7 Å². The minimum atomic E-state index is 0.123. The molecule has 1 atom stereocenters. The number of ether oxygens (including phenoxy) is 2. The van der Waals surface area contributed by atoms with Crippen LogP contribution in [-0.2, 0) is 9.47 Å². The molecule has 6 N–H and O–H groups in total. The maximum absolute atomic E-state index is 5.77. The third-order valence-electron chi connectivity index (χ3n) is 4.52. The summed E-state index contributed by atoms with van der Waals surface area (Å²) in [5, 5.41) is 0.324. The fraction of sp³-hybridized carbons (Fsp3) is 0.889. The van der Waals surface area contributed by atoms with Crippen LogP contribution in [0.2, 0.25) is 0 Å². The smallest absolute Gasteiger partial charge is 0.254 e. The third-order valence-corrected chi connectivity index (χ3v) is 4.73. The van der Waals surface area contributed by atoms with Crippen LogP contribution in [0.15, 0.2) is 0 Å². The molecular weight excluding hydrogens is 354 g/mol. The molecule has 0 aromatic rings. The molecule has 0 spiro atoms. The number of rotatable bonds is 3. The minimum Gasteiger partial charge on any atom is -0.472 e. The lowest BCUT2D eigenvalue weighted by Gasteiger charge is -2.24.